The van der Waals surface area contributed by atoms with Gasteiger partial charge in [-0.05, 0) is 55.9 Å². The van der Waals surface area contributed by atoms with Crippen molar-refractivity contribution in [2.24, 2.45) is 0 Å². The summed E-state index contributed by atoms with van der Waals surface area (Å²) in [6.45, 7) is 1.95. The normalized spacial score (nSPS) is 12.9. The van der Waals surface area contributed by atoms with Crippen molar-refractivity contribution in [3.63, 3.8) is 0 Å². The minimum absolute atomic E-state index is 0.235. The Morgan fingerprint density at radius 2 is 2.00 bits per heavy atom. The van der Waals surface area contributed by atoms with Crippen LogP contribution in [0.5, 0.6) is 0 Å². The third kappa shape index (κ3) is 3.78. The van der Waals surface area contributed by atoms with Gasteiger partial charge in [-0.25, -0.2) is 9.48 Å². The maximum Gasteiger partial charge on any atom is 0.341 e. The standard InChI is InChI=1S/C22H21N3O4S/c1-13-6-5-7-14(12-13)25-11-10-16(26)19(24-25)20(27)23-21-18(22(28)29-2)15-8-3-4-9-17(15)30-21/h5-7,10-12H,3-4,8-9H2,1-2H3,(H,23,27). The summed E-state index contributed by atoms with van der Waals surface area (Å²) in [6, 6.07) is 8.89. The molecular formula is C22H21N3O4S. The van der Waals surface area contributed by atoms with Gasteiger partial charge in [-0.3, -0.25) is 9.59 Å². The van der Waals surface area contributed by atoms with E-state index in [2.05, 4.69) is 10.4 Å². The van der Waals surface area contributed by atoms with E-state index in [4.69, 9.17) is 4.74 Å². The first-order chi connectivity index (χ1) is 14.5. The van der Waals surface area contributed by atoms with Crippen molar-refractivity contribution in [3.05, 3.63) is 74.0 Å². The maximum absolute atomic E-state index is 12.9. The molecule has 1 aliphatic carbocycles. The third-order valence-corrected chi connectivity index (χ3v) is 6.28. The van der Waals surface area contributed by atoms with Crippen molar-refractivity contribution in [2.75, 3.05) is 12.4 Å². The molecule has 0 unspecified atom stereocenters. The van der Waals surface area contributed by atoms with Crippen LogP contribution >= 0.6 is 11.3 Å². The predicted octanol–water partition coefficient (Wildman–Crippen LogP) is 3.52. The van der Waals surface area contributed by atoms with Crippen LogP contribution in [0, 0.1) is 6.92 Å². The van der Waals surface area contributed by atoms with Crippen molar-refractivity contribution < 1.29 is 14.3 Å². The largest absolute Gasteiger partial charge is 0.465 e. The summed E-state index contributed by atoms with van der Waals surface area (Å²) in [4.78, 5) is 38.7. The van der Waals surface area contributed by atoms with Crippen molar-refractivity contribution in [3.8, 4) is 5.69 Å². The van der Waals surface area contributed by atoms with Gasteiger partial charge >= 0.3 is 5.97 Å². The summed E-state index contributed by atoms with van der Waals surface area (Å²) in [7, 11) is 1.32. The number of amides is 1. The minimum atomic E-state index is -0.647. The Morgan fingerprint density at radius 1 is 1.20 bits per heavy atom. The van der Waals surface area contributed by atoms with Gasteiger partial charge in [0.15, 0.2) is 5.69 Å². The highest BCUT2D eigenvalue weighted by atomic mass is 32.1. The Balaban J connectivity index is 1.70. The third-order valence-electron chi connectivity index (χ3n) is 5.08. The van der Waals surface area contributed by atoms with Crippen LogP contribution in [0.15, 0.2) is 41.3 Å². The number of aryl methyl sites for hydroxylation is 2. The fraction of sp³-hybridized carbons (Fsp3) is 0.273. The monoisotopic (exact) mass is 423 g/mol. The summed E-state index contributed by atoms with van der Waals surface area (Å²) >= 11 is 1.37. The molecule has 0 saturated carbocycles. The first-order valence-electron chi connectivity index (χ1n) is 9.69. The molecule has 2 aromatic heterocycles. The number of rotatable bonds is 4. The molecule has 1 N–H and O–H groups in total. The highest BCUT2D eigenvalue weighted by Gasteiger charge is 2.27. The summed E-state index contributed by atoms with van der Waals surface area (Å²) in [5.41, 5.74) is 2.38. The minimum Gasteiger partial charge on any atom is -0.465 e. The second kappa shape index (κ2) is 8.23. The van der Waals surface area contributed by atoms with Gasteiger partial charge in [-0.1, -0.05) is 12.1 Å². The number of thiophene rings is 1. The molecule has 0 atom stereocenters. The van der Waals surface area contributed by atoms with E-state index in [1.54, 1.807) is 0 Å². The number of carbonyl (C=O) groups is 2. The average Bonchev–Trinajstić information content (AvgIpc) is 3.11. The zero-order valence-electron chi connectivity index (χ0n) is 16.7. The van der Waals surface area contributed by atoms with Gasteiger partial charge < -0.3 is 10.1 Å². The number of aromatic nitrogens is 2. The van der Waals surface area contributed by atoms with Crippen LogP contribution in [0.3, 0.4) is 0 Å². The molecule has 0 fully saturated rings. The van der Waals surface area contributed by atoms with E-state index in [0.717, 1.165) is 47.4 Å². The lowest BCUT2D eigenvalue weighted by molar-refractivity contribution is 0.0601. The molecule has 1 aromatic carbocycles. The van der Waals surface area contributed by atoms with E-state index < -0.39 is 17.3 Å². The van der Waals surface area contributed by atoms with Crippen molar-refractivity contribution in [1.29, 1.82) is 0 Å². The number of hydrogen-bond donors (Lipinski definition) is 1. The summed E-state index contributed by atoms with van der Waals surface area (Å²) in [5.74, 6) is -1.13. The van der Waals surface area contributed by atoms with Crippen molar-refractivity contribution in [2.45, 2.75) is 32.6 Å². The molecule has 0 radical (unpaired) electrons. The summed E-state index contributed by atoms with van der Waals surface area (Å²) < 4.78 is 6.43. The van der Waals surface area contributed by atoms with Gasteiger partial charge in [-0.15, -0.1) is 11.3 Å². The van der Waals surface area contributed by atoms with Gasteiger partial charge in [0.2, 0.25) is 5.43 Å². The van der Waals surface area contributed by atoms with Crippen molar-refractivity contribution in [1.82, 2.24) is 9.78 Å². The first kappa shape index (κ1) is 20.0. The number of ether oxygens (including phenoxy) is 1. The number of esters is 1. The van der Waals surface area contributed by atoms with Crippen LogP contribution in [0.25, 0.3) is 5.69 Å². The van der Waals surface area contributed by atoms with Crippen LogP contribution in [-0.2, 0) is 17.6 Å². The molecule has 4 rings (SSSR count). The first-order valence-corrected chi connectivity index (χ1v) is 10.5. The average molecular weight is 423 g/mol. The van der Waals surface area contributed by atoms with Crippen LogP contribution in [0.1, 0.15) is 49.7 Å². The SMILES string of the molecule is COC(=O)c1c(NC(=O)c2nn(-c3cccc(C)c3)ccc2=O)sc2c1CCCC2. The quantitative estimate of drug-likeness (QED) is 0.649. The lowest BCUT2D eigenvalue weighted by Crippen LogP contribution is -2.26. The van der Waals surface area contributed by atoms with E-state index in [9.17, 15) is 14.4 Å². The number of nitrogens with one attached hydrogen (secondary N) is 1. The van der Waals surface area contributed by atoms with Crippen LogP contribution in [-0.4, -0.2) is 28.8 Å². The molecule has 1 aliphatic rings. The number of hydrogen-bond acceptors (Lipinski definition) is 6. The predicted molar refractivity (Wildman–Crippen MR) is 115 cm³/mol. The molecule has 0 aliphatic heterocycles. The van der Waals surface area contributed by atoms with Gasteiger partial charge in [0.1, 0.15) is 5.00 Å². The molecule has 3 aromatic rings. The summed E-state index contributed by atoms with van der Waals surface area (Å²) in [6.07, 6.45) is 5.20. The highest BCUT2D eigenvalue weighted by molar-refractivity contribution is 7.17. The maximum atomic E-state index is 12.9. The van der Waals surface area contributed by atoms with Crippen LogP contribution in [0.2, 0.25) is 0 Å². The van der Waals surface area contributed by atoms with E-state index in [1.807, 2.05) is 31.2 Å². The number of nitrogens with zero attached hydrogens (tertiary/aromatic N) is 2. The Hall–Kier alpha value is -3.26. The molecule has 0 bridgehead atoms. The van der Waals surface area contributed by atoms with Crippen LogP contribution in [0.4, 0.5) is 5.00 Å². The van der Waals surface area contributed by atoms with Gasteiger partial charge in [0.25, 0.3) is 5.91 Å². The van der Waals surface area contributed by atoms with E-state index in [1.165, 1.54) is 35.4 Å². The number of benzene rings is 1. The molecule has 30 heavy (non-hydrogen) atoms. The summed E-state index contributed by atoms with van der Waals surface area (Å²) in [5, 5.41) is 7.38. The van der Waals surface area contributed by atoms with Crippen LogP contribution < -0.4 is 10.7 Å². The zero-order valence-corrected chi connectivity index (χ0v) is 17.5. The number of carbonyl (C=O) groups excluding carboxylic acids is 2. The van der Waals surface area contributed by atoms with E-state index in [-0.39, 0.29) is 5.69 Å². The Labute approximate surface area is 177 Å². The van der Waals surface area contributed by atoms with Gasteiger partial charge in [-0.2, -0.15) is 5.10 Å². The molecule has 1 amide bonds. The van der Waals surface area contributed by atoms with Crippen molar-refractivity contribution >= 4 is 28.2 Å². The smallest absolute Gasteiger partial charge is 0.341 e. The highest BCUT2D eigenvalue weighted by Crippen LogP contribution is 2.38. The topological polar surface area (TPSA) is 90.3 Å². The molecule has 154 valence electrons. The molecule has 0 saturated heterocycles. The molecular weight excluding hydrogens is 402 g/mol. The number of fused-ring (bicyclic) bond motifs is 1. The van der Waals surface area contributed by atoms with E-state index in [0.29, 0.717) is 10.6 Å². The lowest BCUT2D eigenvalue weighted by atomic mass is 9.95. The molecule has 2 heterocycles. The lowest BCUT2D eigenvalue weighted by Gasteiger charge is -2.12. The Morgan fingerprint density at radius 3 is 2.77 bits per heavy atom. The van der Waals surface area contributed by atoms with Gasteiger partial charge in [0, 0.05) is 17.1 Å². The second-order valence-electron chi connectivity index (χ2n) is 7.17. The Kier molecular flexibility index (Phi) is 5.50. The number of methoxy groups -OCH3 is 1. The van der Waals surface area contributed by atoms with E-state index >= 15 is 0 Å². The molecule has 8 heteroatoms. The molecule has 7 nitrogen and oxygen atoms in total. The fourth-order valence-electron chi connectivity index (χ4n) is 3.61. The Bertz CT molecular complexity index is 1200. The number of anilines is 1. The van der Waals surface area contributed by atoms with Gasteiger partial charge in [0.05, 0.1) is 18.4 Å². The fourth-order valence-corrected chi connectivity index (χ4v) is 4.89. The zero-order chi connectivity index (χ0) is 21.3. The molecule has 0 spiro atoms. The second-order valence-corrected chi connectivity index (χ2v) is 8.28.